The van der Waals surface area contributed by atoms with Crippen LogP contribution in [0.4, 0.5) is 10.5 Å². The Morgan fingerprint density at radius 3 is 2.96 bits per heavy atom. The lowest BCUT2D eigenvalue weighted by atomic mass is 10.0. The number of pyridine rings is 1. The third kappa shape index (κ3) is 5.11. The van der Waals surface area contributed by atoms with E-state index < -0.39 is 5.60 Å². The van der Waals surface area contributed by atoms with E-state index >= 15 is 0 Å². The van der Waals surface area contributed by atoms with Gasteiger partial charge in [-0.05, 0) is 46.1 Å². The van der Waals surface area contributed by atoms with E-state index in [0.29, 0.717) is 30.7 Å². The summed E-state index contributed by atoms with van der Waals surface area (Å²) in [6.07, 6.45) is 4.04. The third-order valence-electron chi connectivity index (χ3n) is 4.30. The first kappa shape index (κ1) is 19.9. The van der Waals surface area contributed by atoms with Crippen LogP contribution in [-0.4, -0.2) is 45.4 Å². The smallest absolute Gasteiger partial charge is 0.410 e. The highest BCUT2D eigenvalue weighted by Gasteiger charge is 2.34. The van der Waals surface area contributed by atoms with Gasteiger partial charge in [0.25, 0.3) is 0 Å². The summed E-state index contributed by atoms with van der Waals surface area (Å²) in [6, 6.07) is 3.37. The van der Waals surface area contributed by atoms with Crippen LogP contribution in [-0.2, 0) is 11.3 Å². The molecule has 0 aromatic carbocycles. The van der Waals surface area contributed by atoms with Gasteiger partial charge >= 0.3 is 6.09 Å². The molecule has 28 heavy (non-hydrogen) atoms. The number of aromatic nitrogens is 3. The van der Waals surface area contributed by atoms with Crippen molar-refractivity contribution in [3.05, 3.63) is 30.0 Å². The van der Waals surface area contributed by atoms with Gasteiger partial charge in [-0.3, -0.25) is 4.90 Å². The SMILES string of the molecule is COc1cc(NCc2nc(C3CCCCN3C(=O)OC(C)(C)C)no2)ccn1. The predicted octanol–water partition coefficient (Wildman–Crippen LogP) is 3.55. The van der Waals surface area contributed by atoms with Crippen LogP contribution >= 0.6 is 0 Å². The number of nitrogens with one attached hydrogen (secondary N) is 1. The Bertz CT molecular complexity index is 802. The molecule has 3 rings (SSSR count). The van der Waals surface area contributed by atoms with Crippen molar-refractivity contribution < 1.29 is 18.8 Å². The summed E-state index contributed by atoms with van der Waals surface area (Å²) in [7, 11) is 1.57. The predicted molar refractivity (Wildman–Crippen MR) is 102 cm³/mol. The van der Waals surface area contributed by atoms with E-state index in [1.54, 1.807) is 24.3 Å². The van der Waals surface area contributed by atoms with E-state index in [1.807, 2.05) is 26.8 Å². The molecule has 9 heteroatoms. The minimum atomic E-state index is -0.545. The second-order valence-electron chi connectivity index (χ2n) is 7.67. The number of hydrogen-bond donors (Lipinski definition) is 1. The zero-order valence-corrected chi connectivity index (χ0v) is 16.8. The molecule has 0 radical (unpaired) electrons. The van der Waals surface area contributed by atoms with E-state index in [9.17, 15) is 4.79 Å². The van der Waals surface area contributed by atoms with E-state index in [0.717, 1.165) is 24.9 Å². The molecule has 1 aliphatic rings. The average Bonchev–Trinajstić information content (AvgIpc) is 3.14. The summed E-state index contributed by atoms with van der Waals surface area (Å²) >= 11 is 0. The van der Waals surface area contributed by atoms with Gasteiger partial charge in [0, 0.05) is 24.5 Å². The number of methoxy groups -OCH3 is 1. The summed E-state index contributed by atoms with van der Waals surface area (Å²) in [5.74, 6) is 1.47. The number of carbonyl (C=O) groups is 1. The molecule has 0 bridgehead atoms. The van der Waals surface area contributed by atoms with E-state index in [4.69, 9.17) is 14.0 Å². The molecule has 1 unspecified atom stereocenters. The van der Waals surface area contributed by atoms with Crippen molar-refractivity contribution in [2.45, 2.75) is 58.2 Å². The Morgan fingerprint density at radius 2 is 2.21 bits per heavy atom. The normalized spacial score (nSPS) is 17.3. The maximum atomic E-state index is 12.6. The van der Waals surface area contributed by atoms with Crippen molar-refractivity contribution in [1.29, 1.82) is 0 Å². The maximum absolute atomic E-state index is 12.6. The summed E-state index contributed by atoms with van der Waals surface area (Å²) in [5, 5.41) is 7.30. The van der Waals surface area contributed by atoms with Crippen LogP contribution in [0.1, 0.15) is 57.8 Å². The monoisotopic (exact) mass is 389 g/mol. The van der Waals surface area contributed by atoms with E-state index in [1.165, 1.54) is 0 Å². The number of anilines is 1. The first-order chi connectivity index (χ1) is 13.4. The maximum Gasteiger partial charge on any atom is 0.410 e. The van der Waals surface area contributed by atoms with Gasteiger partial charge < -0.3 is 19.3 Å². The minimum absolute atomic E-state index is 0.234. The highest BCUT2D eigenvalue weighted by atomic mass is 16.6. The Morgan fingerprint density at radius 1 is 1.39 bits per heavy atom. The second-order valence-corrected chi connectivity index (χ2v) is 7.67. The first-order valence-electron chi connectivity index (χ1n) is 9.42. The van der Waals surface area contributed by atoms with Crippen molar-refractivity contribution in [2.75, 3.05) is 19.0 Å². The number of amides is 1. The second kappa shape index (κ2) is 8.45. The summed E-state index contributed by atoms with van der Waals surface area (Å²) in [6.45, 7) is 6.56. The highest BCUT2D eigenvalue weighted by molar-refractivity contribution is 5.68. The Kier molecular flexibility index (Phi) is 6.01. The molecule has 2 aromatic rings. The molecule has 2 aromatic heterocycles. The molecule has 152 valence electrons. The number of rotatable bonds is 5. The van der Waals surface area contributed by atoms with Crippen molar-refractivity contribution in [2.24, 2.45) is 0 Å². The van der Waals surface area contributed by atoms with Crippen LogP contribution < -0.4 is 10.1 Å². The van der Waals surface area contributed by atoms with Crippen molar-refractivity contribution in [1.82, 2.24) is 20.0 Å². The number of hydrogen-bond acceptors (Lipinski definition) is 8. The highest BCUT2D eigenvalue weighted by Crippen LogP contribution is 2.30. The van der Waals surface area contributed by atoms with Crippen molar-refractivity contribution >= 4 is 11.8 Å². The minimum Gasteiger partial charge on any atom is -0.481 e. The third-order valence-corrected chi connectivity index (χ3v) is 4.30. The summed E-state index contributed by atoms with van der Waals surface area (Å²) < 4.78 is 16.0. The molecule has 0 aliphatic carbocycles. The van der Waals surface area contributed by atoms with E-state index in [2.05, 4.69) is 20.4 Å². The molecule has 1 N–H and O–H groups in total. The van der Waals surface area contributed by atoms with E-state index in [-0.39, 0.29) is 12.1 Å². The fourth-order valence-corrected chi connectivity index (χ4v) is 3.02. The fraction of sp³-hybridized carbons (Fsp3) is 0.579. The number of piperidine rings is 1. The lowest BCUT2D eigenvalue weighted by Crippen LogP contribution is -2.42. The molecule has 9 nitrogen and oxygen atoms in total. The molecule has 1 aliphatic heterocycles. The molecule has 1 amide bonds. The fourth-order valence-electron chi connectivity index (χ4n) is 3.02. The number of carbonyl (C=O) groups excluding carboxylic acids is 1. The largest absolute Gasteiger partial charge is 0.481 e. The molecular formula is C19H27N5O4. The van der Waals surface area contributed by atoms with Gasteiger partial charge in [0.2, 0.25) is 11.8 Å². The lowest BCUT2D eigenvalue weighted by molar-refractivity contribution is 0.00821. The van der Waals surface area contributed by atoms with Gasteiger partial charge in [-0.25, -0.2) is 9.78 Å². The van der Waals surface area contributed by atoms with Gasteiger partial charge in [-0.1, -0.05) is 5.16 Å². The molecule has 1 atom stereocenters. The Labute approximate surface area is 164 Å². The molecule has 0 saturated carbocycles. The van der Waals surface area contributed by atoms with Crippen LogP contribution in [0.2, 0.25) is 0 Å². The molecule has 3 heterocycles. The van der Waals surface area contributed by atoms with Crippen molar-refractivity contribution in [3.8, 4) is 5.88 Å². The van der Waals surface area contributed by atoms with Crippen LogP contribution in [0.15, 0.2) is 22.9 Å². The molecule has 1 saturated heterocycles. The van der Waals surface area contributed by atoms with Gasteiger partial charge in [0.1, 0.15) is 5.60 Å². The lowest BCUT2D eigenvalue weighted by Gasteiger charge is -2.35. The number of ether oxygens (including phenoxy) is 2. The van der Waals surface area contributed by atoms with Gasteiger partial charge in [0.15, 0.2) is 5.82 Å². The van der Waals surface area contributed by atoms with Gasteiger partial charge in [0.05, 0.1) is 19.7 Å². The van der Waals surface area contributed by atoms with Crippen LogP contribution in [0.5, 0.6) is 5.88 Å². The van der Waals surface area contributed by atoms with Crippen LogP contribution in [0, 0.1) is 0 Å². The van der Waals surface area contributed by atoms with Gasteiger partial charge in [-0.2, -0.15) is 4.98 Å². The molecule has 1 fully saturated rings. The van der Waals surface area contributed by atoms with Gasteiger partial charge in [-0.15, -0.1) is 0 Å². The standard InChI is InChI=1S/C19H27N5O4/c1-19(2,3)27-18(25)24-10-6-5-7-14(24)17-22-16(28-23-17)12-21-13-8-9-20-15(11-13)26-4/h8-9,11,14H,5-7,10,12H2,1-4H3,(H,20,21). The quantitative estimate of drug-likeness (QED) is 0.828. The zero-order chi connectivity index (χ0) is 20.1. The molecule has 0 spiro atoms. The van der Waals surface area contributed by atoms with Crippen molar-refractivity contribution in [3.63, 3.8) is 0 Å². The zero-order valence-electron chi connectivity index (χ0n) is 16.8. The summed E-state index contributed by atoms with van der Waals surface area (Å²) in [4.78, 5) is 22.8. The summed E-state index contributed by atoms with van der Waals surface area (Å²) in [5.41, 5.74) is 0.288. The number of nitrogens with zero attached hydrogens (tertiary/aromatic N) is 4. The van der Waals surface area contributed by atoms with Crippen LogP contribution in [0.3, 0.4) is 0 Å². The Balaban J connectivity index is 1.66. The van der Waals surface area contributed by atoms with Crippen LogP contribution in [0.25, 0.3) is 0 Å². The number of likely N-dealkylation sites (tertiary alicyclic amines) is 1. The Hall–Kier alpha value is -2.84. The average molecular weight is 389 g/mol. The molecular weight excluding hydrogens is 362 g/mol. The topological polar surface area (TPSA) is 103 Å². The first-order valence-corrected chi connectivity index (χ1v) is 9.42.